The zero-order chi connectivity index (χ0) is 17.5. The molecule has 0 heterocycles. The van der Waals surface area contributed by atoms with Gasteiger partial charge in [-0.1, -0.05) is 30.3 Å². The maximum Gasteiger partial charge on any atom is 0.240 e. The average Bonchev–Trinajstić information content (AvgIpc) is 2.58. The molecule has 0 unspecified atom stereocenters. The van der Waals surface area contributed by atoms with E-state index in [1.165, 1.54) is 25.0 Å². The molecule has 2 amide bonds. The molecule has 0 aromatic heterocycles. The highest BCUT2D eigenvalue weighted by Crippen LogP contribution is 2.27. The first-order chi connectivity index (χ1) is 11.5. The second-order valence-corrected chi connectivity index (χ2v) is 5.15. The highest BCUT2D eigenvalue weighted by atomic mass is 19.1. The van der Waals surface area contributed by atoms with Gasteiger partial charge in [0.05, 0.1) is 12.8 Å². The van der Waals surface area contributed by atoms with Gasteiger partial charge >= 0.3 is 0 Å². The average molecular weight is 330 g/mol. The molecule has 0 saturated carbocycles. The van der Waals surface area contributed by atoms with Crippen molar-refractivity contribution in [3.05, 3.63) is 59.9 Å². The molecule has 126 valence electrons. The van der Waals surface area contributed by atoms with Crippen LogP contribution < -0.4 is 15.0 Å². The van der Waals surface area contributed by atoms with Crippen LogP contribution in [0.1, 0.15) is 12.5 Å². The third kappa shape index (κ3) is 4.32. The highest BCUT2D eigenvalue weighted by Gasteiger charge is 2.19. The quantitative estimate of drug-likeness (QED) is 0.885. The predicted molar refractivity (Wildman–Crippen MR) is 89.3 cm³/mol. The molecule has 0 spiro atoms. The van der Waals surface area contributed by atoms with Crippen LogP contribution in [0.3, 0.4) is 0 Å². The van der Waals surface area contributed by atoms with Gasteiger partial charge in [0.15, 0.2) is 0 Å². The number of methoxy groups -OCH3 is 1. The van der Waals surface area contributed by atoms with Gasteiger partial charge in [0.2, 0.25) is 11.8 Å². The molecule has 6 heteroatoms. The van der Waals surface area contributed by atoms with Crippen molar-refractivity contribution < 1.29 is 18.7 Å². The second-order valence-electron chi connectivity index (χ2n) is 5.15. The fourth-order valence-corrected chi connectivity index (χ4v) is 2.25. The number of hydrogen-bond acceptors (Lipinski definition) is 3. The van der Waals surface area contributed by atoms with Crippen LogP contribution in [0.25, 0.3) is 0 Å². The van der Waals surface area contributed by atoms with Crippen molar-refractivity contribution in [2.24, 2.45) is 0 Å². The maximum atomic E-state index is 13.6. The summed E-state index contributed by atoms with van der Waals surface area (Å²) in [6.45, 7) is 1.25. The fourth-order valence-electron chi connectivity index (χ4n) is 2.25. The zero-order valence-electron chi connectivity index (χ0n) is 13.6. The molecule has 2 rings (SSSR count). The van der Waals surface area contributed by atoms with Crippen molar-refractivity contribution in [1.82, 2.24) is 5.32 Å². The van der Waals surface area contributed by atoms with Crippen LogP contribution in [-0.4, -0.2) is 25.5 Å². The summed E-state index contributed by atoms with van der Waals surface area (Å²) in [5.74, 6) is -0.569. The Balaban J connectivity index is 2.07. The van der Waals surface area contributed by atoms with E-state index < -0.39 is 0 Å². The number of amides is 2. The third-order valence-corrected chi connectivity index (χ3v) is 3.49. The number of nitrogens with zero attached hydrogens (tertiary/aromatic N) is 1. The normalized spacial score (nSPS) is 10.1. The van der Waals surface area contributed by atoms with Gasteiger partial charge in [-0.05, 0) is 18.2 Å². The number of anilines is 1. The van der Waals surface area contributed by atoms with E-state index in [2.05, 4.69) is 5.32 Å². The van der Waals surface area contributed by atoms with E-state index in [0.29, 0.717) is 17.0 Å². The Morgan fingerprint density at radius 3 is 2.46 bits per heavy atom. The molecule has 0 fully saturated rings. The Kier molecular flexibility index (Phi) is 5.89. The number of halogens is 1. The Morgan fingerprint density at radius 1 is 1.12 bits per heavy atom. The molecule has 2 aromatic rings. The molecular formula is C18H19FN2O3. The first kappa shape index (κ1) is 17.5. The number of benzene rings is 2. The van der Waals surface area contributed by atoms with Crippen molar-refractivity contribution in [3.63, 3.8) is 0 Å². The maximum absolute atomic E-state index is 13.6. The molecule has 0 bridgehead atoms. The molecule has 0 aliphatic heterocycles. The molecular weight excluding hydrogens is 311 g/mol. The lowest BCUT2D eigenvalue weighted by Crippen LogP contribution is -2.39. The summed E-state index contributed by atoms with van der Waals surface area (Å²) in [7, 11) is 1.50. The molecule has 2 aromatic carbocycles. The van der Waals surface area contributed by atoms with Gasteiger partial charge in [0.1, 0.15) is 18.1 Å². The van der Waals surface area contributed by atoms with E-state index in [-0.39, 0.29) is 30.7 Å². The summed E-state index contributed by atoms with van der Waals surface area (Å²) in [5.41, 5.74) is 0.894. The lowest BCUT2D eigenvalue weighted by molar-refractivity contribution is -0.123. The largest absolute Gasteiger partial charge is 0.495 e. The third-order valence-electron chi connectivity index (χ3n) is 3.49. The summed E-state index contributed by atoms with van der Waals surface area (Å²) in [6, 6.07) is 13.1. The van der Waals surface area contributed by atoms with E-state index in [0.717, 1.165) is 0 Å². The number of carbonyl (C=O) groups is 2. The minimum absolute atomic E-state index is 0.0587. The van der Waals surface area contributed by atoms with E-state index in [1.54, 1.807) is 42.5 Å². The van der Waals surface area contributed by atoms with Crippen LogP contribution in [0.4, 0.5) is 10.1 Å². The summed E-state index contributed by atoms with van der Waals surface area (Å²) < 4.78 is 18.8. The van der Waals surface area contributed by atoms with Crippen LogP contribution in [0.15, 0.2) is 48.5 Å². The Bertz CT molecular complexity index is 734. The van der Waals surface area contributed by atoms with E-state index in [9.17, 15) is 14.0 Å². The van der Waals surface area contributed by atoms with Gasteiger partial charge in [-0.25, -0.2) is 4.39 Å². The first-order valence-corrected chi connectivity index (χ1v) is 7.44. The standard InChI is InChI=1S/C18H19FN2O3/c1-13(22)21(16-9-5-6-10-17(16)24-2)12-18(23)20-11-14-7-3-4-8-15(14)19/h3-10H,11-12H2,1-2H3,(H,20,23). The topological polar surface area (TPSA) is 58.6 Å². The number of carbonyl (C=O) groups excluding carboxylic acids is 2. The van der Waals surface area contributed by atoms with Crippen molar-refractivity contribution in [1.29, 1.82) is 0 Å². The smallest absolute Gasteiger partial charge is 0.240 e. The van der Waals surface area contributed by atoms with Gasteiger partial charge in [-0.15, -0.1) is 0 Å². The second kappa shape index (κ2) is 8.10. The minimum atomic E-state index is -0.389. The highest BCUT2D eigenvalue weighted by molar-refractivity contribution is 5.98. The van der Waals surface area contributed by atoms with Crippen LogP contribution in [0.5, 0.6) is 5.75 Å². The van der Waals surface area contributed by atoms with Crippen LogP contribution in [0, 0.1) is 5.82 Å². The molecule has 0 aliphatic carbocycles. The number of nitrogens with one attached hydrogen (secondary N) is 1. The Labute approximate surface area is 140 Å². The molecule has 0 atom stereocenters. The summed E-state index contributed by atoms with van der Waals surface area (Å²) in [6.07, 6.45) is 0. The lowest BCUT2D eigenvalue weighted by atomic mass is 10.2. The summed E-state index contributed by atoms with van der Waals surface area (Å²) >= 11 is 0. The van der Waals surface area contributed by atoms with Gasteiger partial charge in [-0.2, -0.15) is 0 Å². The number of hydrogen-bond donors (Lipinski definition) is 1. The SMILES string of the molecule is COc1ccccc1N(CC(=O)NCc1ccccc1F)C(C)=O. The number of ether oxygens (including phenoxy) is 1. The van der Waals surface area contributed by atoms with Crippen molar-refractivity contribution in [3.8, 4) is 5.75 Å². The van der Waals surface area contributed by atoms with Crippen molar-refractivity contribution >= 4 is 17.5 Å². The van der Waals surface area contributed by atoms with Gasteiger partial charge in [0, 0.05) is 19.0 Å². The van der Waals surface area contributed by atoms with Gasteiger partial charge in [-0.3, -0.25) is 14.5 Å². The molecule has 5 nitrogen and oxygen atoms in total. The van der Waals surface area contributed by atoms with E-state index in [4.69, 9.17) is 4.74 Å². The van der Waals surface area contributed by atoms with E-state index >= 15 is 0 Å². The molecule has 0 saturated heterocycles. The predicted octanol–water partition coefficient (Wildman–Crippen LogP) is 2.50. The Morgan fingerprint density at radius 2 is 1.79 bits per heavy atom. The van der Waals surface area contributed by atoms with Crippen molar-refractivity contribution in [2.75, 3.05) is 18.6 Å². The van der Waals surface area contributed by atoms with Gasteiger partial charge in [0.25, 0.3) is 0 Å². The lowest BCUT2D eigenvalue weighted by Gasteiger charge is -2.22. The Hall–Kier alpha value is -2.89. The zero-order valence-corrected chi connectivity index (χ0v) is 13.6. The number of rotatable bonds is 6. The molecule has 0 radical (unpaired) electrons. The molecule has 0 aliphatic rings. The van der Waals surface area contributed by atoms with Crippen LogP contribution in [0.2, 0.25) is 0 Å². The monoisotopic (exact) mass is 330 g/mol. The minimum Gasteiger partial charge on any atom is -0.495 e. The fraction of sp³-hybridized carbons (Fsp3) is 0.222. The number of para-hydroxylation sites is 2. The summed E-state index contributed by atoms with van der Waals surface area (Å²) in [4.78, 5) is 25.4. The van der Waals surface area contributed by atoms with E-state index in [1.807, 2.05) is 0 Å². The molecule has 24 heavy (non-hydrogen) atoms. The molecule has 1 N–H and O–H groups in total. The van der Waals surface area contributed by atoms with Crippen LogP contribution in [-0.2, 0) is 16.1 Å². The van der Waals surface area contributed by atoms with Crippen LogP contribution >= 0.6 is 0 Å². The van der Waals surface area contributed by atoms with Gasteiger partial charge < -0.3 is 10.1 Å². The first-order valence-electron chi connectivity index (χ1n) is 7.44. The van der Waals surface area contributed by atoms with Crippen molar-refractivity contribution in [2.45, 2.75) is 13.5 Å². The summed E-state index contributed by atoms with van der Waals surface area (Å²) in [5, 5.41) is 2.62.